The Labute approximate surface area is 176 Å². The number of nitrogens with zero attached hydrogens (tertiary/aromatic N) is 1. The number of carbonyl (C=O) groups is 1. The molecule has 2 fully saturated rings. The SMILES string of the molecule is CCOC1(C(=O)Nc2ccc(OCCN3CCC[C@H](C)C3)cc2)CCCCCC1. The van der Waals surface area contributed by atoms with Crippen LogP contribution in [0.5, 0.6) is 5.75 Å². The van der Waals surface area contributed by atoms with Crippen LogP contribution in [0.15, 0.2) is 24.3 Å². The lowest BCUT2D eigenvalue weighted by molar-refractivity contribution is -0.143. The van der Waals surface area contributed by atoms with Crippen LogP contribution in [0.2, 0.25) is 0 Å². The van der Waals surface area contributed by atoms with Gasteiger partial charge in [0.15, 0.2) is 0 Å². The third-order valence-electron chi connectivity index (χ3n) is 6.28. The highest BCUT2D eigenvalue weighted by molar-refractivity contribution is 5.97. The van der Waals surface area contributed by atoms with Crippen molar-refractivity contribution in [3.05, 3.63) is 24.3 Å². The molecule has 0 bridgehead atoms. The lowest BCUT2D eigenvalue weighted by Gasteiger charge is -2.31. The van der Waals surface area contributed by atoms with Crippen LogP contribution in [0.3, 0.4) is 0 Å². The summed E-state index contributed by atoms with van der Waals surface area (Å²) in [7, 11) is 0. The predicted molar refractivity (Wildman–Crippen MR) is 117 cm³/mol. The summed E-state index contributed by atoms with van der Waals surface area (Å²) in [6, 6.07) is 7.73. The standard InChI is InChI=1S/C24H38N2O3/c1-3-29-24(14-6-4-5-7-15-24)23(27)25-21-10-12-22(13-11-21)28-18-17-26-16-8-9-20(2)19-26/h10-13,20H,3-9,14-19H2,1-2H3,(H,25,27)/t20-/m0/s1. The van der Waals surface area contributed by atoms with E-state index < -0.39 is 5.60 Å². The molecule has 0 unspecified atom stereocenters. The van der Waals surface area contributed by atoms with Gasteiger partial charge in [-0.25, -0.2) is 0 Å². The lowest BCUT2D eigenvalue weighted by Crippen LogP contribution is -2.45. The molecular weight excluding hydrogens is 364 g/mol. The number of anilines is 1. The maximum absolute atomic E-state index is 13.0. The maximum Gasteiger partial charge on any atom is 0.256 e. The molecule has 1 heterocycles. The first-order valence-electron chi connectivity index (χ1n) is 11.5. The maximum atomic E-state index is 13.0. The number of ether oxygens (including phenoxy) is 2. The molecule has 1 saturated carbocycles. The van der Waals surface area contributed by atoms with Crippen LogP contribution in [0.4, 0.5) is 5.69 Å². The van der Waals surface area contributed by atoms with Crippen LogP contribution in [-0.2, 0) is 9.53 Å². The Morgan fingerprint density at radius 1 is 1.14 bits per heavy atom. The zero-order valence-corrected chi connectivity index (χ0v) is 18.3. The van der Waals surface area contributed by atoms with Crippen molar-refractivity contribution in [3.63, 3.8) is 0 Å². The van der Waals surface area contributed by atoms with Gasteiger partial charge in [-0.1, -0.05) is 32.6 Å². The summed E-state index contributed by atoms with van der Waals surface area (Å²) in [5, 5.41) is 3.08. The topological polar surface area (TPSA) is 50.8 Å². The van der Waals surface area contributed by atoms with Crippen molar-refractivity contribution in [1.29, 1.82) is 0 Å². The van der Waals surface area contributed by atoms with Crippen molar-refractivity contribution in [2.24, 2.45) is 5.92 Å². The summed E-state index contributed by atoms with van der Waals surface area (Å²) in [5.41, 5.74) is 0.127. The number of benzene rings is 1. The molecule has 1 aromatic carbocycles. The second-order valence-corrected chi connectivity index (χ2v) is 8.72. The zero-order chi connectivity index (χ0) is 20.5. The minimum atomic E-state index is -0.675. The first-order valence-corrected chi connectivity index (χ1v) is 11.5. The van der Waals surface area contributed by atoms with E-state index in [2.05, 4.69) is 17.1 Å². The first-order chi connectivity index (χ1) is 14.1. The highest BCUT2D eigenvalue weighted by Gasteiger charge is 2.39. The minimum Gasteiger partial charge on any atom is -0.492 e. The molecule has 1 atom stereocenters. The van der Waals surface area contributed by atoms with Crippen LogP contribution in [0.25, 0.3) is 0 Å². The Morgan fingerprint density at radius 2 is 1.86 bits per heavy atom. The summed E-state index contributed by atoms with van der Waals surface area (Å²) >= 11 is 0. The zero-order valence-electron chi connectivity index (χ0n) is 18.3. The quantitative estimate of drug-likeness (QED) is 0.631. The highest BCUT2D eigenvalue weighted by Crippen LogP contribution is 2.32. The summed E-state index contributed by atoms with van der Waals surface area (Å²) in [6.45, 7) is 8.89. The van der Waals surface area contributed by atoms with Gasteiger partial charge in [0.25, 0.3) is 5.91 Å². The molecule has 1 saturated heterocycles. The van der Waals surface area contributed by atoms with Crippen molar-refractivity contribution < 1.29 is 14.3 Å². The molecule has 29 heavy (non-hydrogen) atoms. The monoisotopic (exact) mass is 402 g/mol. The number of nitrogens with one attached hydrogen (secondary N) is 1. The molecule has 1 aliphatic heterocycles. The van der Waals surface area contributed by atoms with Gasteiger partial charge in [-0.05, 0) is 69.3 Å². The van der Waals surface area contributed by atoms with E-state index in [1.165, 1.54) is 38.8 Å². The second kappa shape index (κ2) is 11.0. The molecule has 0 spiro atoms. The van der Waals surface area contributed by atoms with Gasteiger partial charge in [0.05, 0.1) is 0 Å². The molecule has 5 nitrogen and oxygen atoms in total. The van der Waals surface area contributed by atoms with Crippen LogP contribution in [0.1, 0.15) is 65.2 Å². The number of amides is 1. The fourth-order valence-electron chi connectivity index (χ4n) is 4.67. The van der Waals surface area contributed by atoms with Gasteiger partial charge in [-0.2, -0.15) is 0 Å². The van der Waals surface area contributed by atoms with Crippen molar-refractivity contribution in [1.82, 2.24) is 4.90 Å². The van der Waals surface area contributed by atoms with Crippen molar-refractivity contribution in [2.75, 3.05) is 38.2 Å². The molecule has 0 aromatic heterocycles. The van der Waals surface area contributed by atoms with E-state index in [0.717, 1.165) is 49.6 Å². The van der Waals surface area contributed by atoms with Gasteiger partial charge in [-0.3, -0.25) is 9.69 Å². The summed E-state index contributed by atoms with van der Waals surface area (Å²) in [5.74, 6) is 1.64. The van der Waals surface area contributed by atoms with Crippen molar-refractivity contribution in [3.8, 4) is 5.75 Å². The number of hydrogen-bond donors (Lipinski definition) is 1. The van der Waals surface area contributed by atoms with E-state index in [1.54, 1.807) is 0 Å². The van der Waals surface area contributed by atoms with E-state index in [0.29, 0.717) is 13.2 Å². The van der Waals surface area contributed by atoms with Crippen LogP contribution < -0.4 is 10.1 Å². The Kier molecular flexibility index (Phi) is 8.37. The average molecular weight is 403 g/mol. The lowest BCUT2D eigenvalue weighted by atomic mass is 9.93. The van der Waals surface area contributed by atoms with Crippen LogP contribution >= 0.6 is 0 Å². The fraction of sp³-hybridized carbons (Fsp3) is 0.708. The van der Waals surface area contributed by atoms with Gasteiger partial charge in [0.2, 0.25) is 0 Å². The van der Waals surface area contributed by atoms with Crippen molar-refractivity contribution in [2.45, 2.75) is 70.8 Å². The number of piperidine rings is 1. The van der Waals surface area contributed by atoms with Gasteiger partial charge in [0, 0.05) is 25.4 Å². The molecule has 3 rings (SSSR count). The highest BCUT2D eigenvalue weighted by atomic mass is 16.5. The average Bonchev–Trinajstić information content (AvgIpc) is 2.96. The molecule has 1 N–H and O–H groups in total. The number of carbonyl (C=O) groups excluding carboxylic acids is 1. The fourth-order valence-corrected chi connectivity index (χ4v) is 4.67. The van der Waals surface area contributed by atoms with E-state index in [1.807, 2.05) is 31.2 Å². The van der Waals surface area contributed by atoms with E-state index in [-0.39, 0.29) is 5.91 Å². The van der Waals surface area contributed by atoms with Crippen LogP contribution in [0, 0.1) is 5.92 Å². The predicted octanol–water partition coefficient (Wildman–Crippen LogP) is 4.87. The molecule has 1 aliphatic carbocycles. The molecule has 5 heteroatoms. The summed E-state index contributed by atoms with van der Waals surface area (Å²) in [4.78, 5) is 15.5. The van der Waals surface area contributed by atoms with Crippen molar-refractivity contribution >= 4 is 11.6 Å². The van der Waals surface area contributed by atoms with E-state index in [9.17, 15) is 4.79 Å². The molecule has 0 radical (unpaired) electrons. The molecule has 1 aromatic rings. The number of likely N-dealkylation sites (tertiary alicyclic amines) is 1. The molecular formula is C24H38N2O3. The number of hydrogen-bond acceptors (Lipinski definition) is 4. The van der Waals surface area contributed by atoms with Crippen LogP contribution in [-0.4, -0.2) is 49.3 Å². The summed E-state index contributed by atoms with van der Waals surface area (Å²) in [6.07, 6.45) is 8.72. The Morgan fingerprint density at radius 3 is 2.52 bits per heavy atom. The van der Waals surface area contributed by atoms with Gasteiger partial charge in [0.1, 0.15) is 18.0 Å². The van der Waals surface area contributed by atoms with E-state index in [4.69, 9.17) is 9.47 Å². The van der Waals surface area contributed by atoms with Gasteiger partial charge < -0.3 is 14.8 Å². The third kappa shape index (κ3) is 6.45. The third-order valence-corrected chi connectivity index (χ3v) is 6.28. The largest absolute Gasteiger partial charge is 0.492 e. The summed E-state index contributed by atoms with van der Waals surface area (Å²) < 4.78 is 11.9. The Balaban J connectivity index is 1.49. The van der Waals surface area contributed by atoms with Gasteiger partial charge in [-0.15, -0.1) is 0 Å². The smallest absolute Gasteiger partial charge is 0.256 e. The Bertz CT molecular complexity index is 624. The molecule has 2 aliphatic rings. The normalized spacial score (nSPS) is 22.6. The van der Waals surface area contributed by atoms with Gasteiger partial charge >= 0.3 is 0 Å². The molecule has 162 valence electrons. The Hall–Kier alpha value is -1.59. The molecule has 1 amide bonds. The first kappa shape index (κ1) is 22.1. The number of rotatable bonds is 8. The minimum absolute atomic E-state index is 0.00543. The second-order valence-electron chi connectivity index (χ2n) is 8.72. The van der Waals surface area contributed by atoms with E-state index >= 15 is 0 Å².